The minimum Gasteiger partial charge on any atom is -0.488 e. The highest BCUT2D eigenvalue weighted by Crippen LogP contribution is 2.29. The predicted octanol–water partition coefficient (Wildman–Crippen LogP) is 1.33. The highest BCUT2D eigenvalue weighted by atomic mass is 127. The van der Waals surface area contributed by atoms with E-state index in [-0.39, 0.29) is 0 Å². The van der Waals surface area contributed by atoms with Crippen molar-refractivity contribution in [2.75, 3.05) is 0 Å². The Morgan fingerprint density at radius 3 is 2.93 bits per heavy atom. The molecule has 1 saturated carbocycles. The van der Waals surface area contributed by atoms with Gasteiger partial charge in [0.1, 0.15) is 3.70 Å². The zero-order valence-electron chi connectivity index (χ0n) is 7.37. The van der Waals surface area contributed by atoms with Gasteiger partial charge in [-0.3, -0.25) is 4.79 Å². The Kier molecular flexibility index (Phi) is 2.58. The average molecular weight is 304 g/mol. The van der Waals surface area contributed by atoms with Crippen molar-refractivity contribution < 1.29 is 9.53 Å². The van der Waals surface area contributed by atoms with Crippen LogP contribution in [0.5, 0.6) is 5.75 Å². The number of ether oxygens (including phenoxy) is 1. The van der Waals surface area contributed by atoms with Crippen LogP contribution in [0.4, 0.5) is 0 Å². The summed E-state index contributed by atoms with van der Waals surface area (Å²) < 4.78 is 6.33. The summed E-state index contributed by atoms with van der Waals surface area (Å²) in [5, 5.41) is 0. The van der Waals surface area contributed by atoms with Crippen molar-refractivity contribution in [2.24, 2.45) is 5.73 Å². The van der Waals surface area contributed by atoms with Crippen molar-refractivity contribution >= 4 is 28.5 Å². The Morgan fingerprint density at radius 1 is 1.64 bits per heavy atom. The third-order valence-electron chi connectivity index (χ3n) is 1.91. The summed E-state index contributed by atoms with van der Waals surface area (Å²) in [5.74, 6) is 0.180. The van der Waals surface area contributed by atoms with Gasteiger partial charge in [0.15, 0.2) is 5.75 Å². The van der Waals surface area contributed by atoms with Crippen LogP contribution < -0.4 is 10.5 Å². The lowest BCUT2D eigenvalue weighted by molar-refractivity contribution is 0.0999. The Hall–Kier alpha value is -0.850. The Labute approximate surface area is 95.0 Å². The summed E-state index contributed by atoms with van der Waals surface area (Å²) >= 11 is 2.07. The number of hydrogen-bond donors (Lipinski definition) is 1. The van der Waals surface area contributed by atoms with Crippen LogP contribution >= 0.6 is 22.6 Å². The normalized spacial score (nSPS) is 15.2. The summed E-state index contributed by atoms with van der Waals surface area (Å²) in [4.78, 5) is 14.9. The van der Waals surface area contributed by atoms with Crippen molar-refractivity contribution in [1.82, 2.24) is 4.98 Å². The second kappa shape index (κ2) is 3.72. The van der Waals surface area contributed by atoms with Crippen LogP contribution in [-0.4, -0.2) is 17.0 Å². The highest BCUT2D eigenvalue weighted by molar-refractivity contribution is 14.1. The maximum absolute atomic E-state index is 10.9. The van der Waals surface area contributed by atoms with Gasteiger partial charge < -0.3 is 10.5 Å². The van der Waals surface area contributed by atoms with E-state index in [4.69, 9.17) is 10.5 Å². The van der Waals surface area contributed by atoms with E-state index in [9.17, 15) is 4.79 Å². The fourth-order valence-electron chi connectivity index (χ4n) is 1.01. The SMILES string of the molecule is NC(=O)c1cnc(I)c(OC2CC2)c1. The van der Waals surface area contributed by atoms with Gasteiger partial charge in [0.25, 0.3) is 0 Å². The summed E-state index contributed by atoms with van der Waals surface area (Å²) in [6.07, 6.45) is 3.92. The van der Waals surface area contributed by atoms with Crippen LogP contribution in [0.2, 0.25) is 0 Å². The van der Waals surface area contributed by atoms with Crippen LogP contribution in [0, 0.1) is 3.70 Å². The topological polar surface area (TPSA) is 65.2 Å². The number of carbonyl (C=O) groups is 1. The standard InChI is InChI=1S/C9H9IN2O2/c10-8-7(14-6-1-2-6)3-5(4-12-8)9(11)13/h3-4,6H,1-2H2,(H2,11,13). The fourth-order valence-corrected chi connectivity index (χ4v) is 1.43. The second-order valence-electron chi connectivity index (χ2n) is 3.19. The number of amides is 1. The van der Waals surface area contributed by atoms with E-state index in [1.807, 2.05) is 0 Å². The molecule has 0 spiro atoms. The first kappa shape index (κ1) is 9.70. The molecule has 1 aliphatic carbocycles. The molecule has 2 N–H and O–H groups in total. The molecule has 1 aromatic heterocycles. The molecule has 1 aliphatic rings. The van der Waals surface area contributed by atoms with Gasteiger partial charge in [0, 0.05) is 6.20 Å². The number of carbonyl (C=O) groups excluding carboxylic acids is 1. The largest absolute Gasteiger partial charge is 0.488 e. The third-order valence-corrected chi connectivity index (χ3v) is 2.72. The van der Waals surface area contributed by atoms with Gasteiger partial charge >= 0.3 is 0 Å². The molecule has 5 heteroatoms. The first-order chi connectivity index (χ1) is 6.66. The summed E-state index contributed by atoms with van der Waals surface area (Å²) in [6.45, 7) is 0. The van der Waals surface area contributed by atoms with Crippen LogP contribution in [0.15, 0.2) is 12.3 Å². The fraction of sp³-hybridized carbons (Fsp3) is 0.333. The maximum Gasteiger partial charge on any atom is 0.250 e. The van der Waals surface area contributed by atoms with Crippen LogP contribution in [0.25, 0.3) is 0 Å². The summed E-state index contributed by atoms with van der Waals surface area (Å²) in [5.41, 5.74) is 5.53. The van der Waals surface area contributed by atoms with Crippen LogP contribution in [-0.2, 0) is 0 Å². The van der Waals surface area contributed by atoms with Gasteiger partial charge in [-0.15, -0.1) is 0 Å². The lowest BCUT2D eigenvalue weighted by atomic mass is 10.3. The molecule has 2 rings (SSSR count). The first-order valence-corrected chi connectivity index (χ1v) is 5.36. The first-order valence-electron chi connectivity index (χ1n) is 4.29. The quantitative estimate of drug-likeness (QED) is 0.677. The van der Waals surface area contributed by atoms with Crippen molar-refractivity contribution in [3.05, 3.63) is 21.5 Å². The zero-order chi connectivity index (χ0) is 10.1. The molecule has 1 fully saturated rings. The Bertz CT molecular complexity index is 377. The monoisotopic (exact) mass is 304 g/mol. The van der Waals surface area contributed by atoms with E-state index in [2.05, 4.69) is 27.6 Å². The number of primary amides is 1. The maximum atomic E-state index is 10.9. The number of pyridine rings is 1. The number of hydrogen-bond acceptors (Lipinski definition) is 3. The molecule has 0 bridgehead atoms. The van der Waals surface area contributed by atoms with Gasteiger partial charge in [-0.2, -0.15) is 0 Å². The lowest BCUT2D eigenvalue weighted by Gasteiger charge is -2.06. The van der Waals surface area contributed by atoms with Gasteiger partial charge in [-0.1, -0.05) is 0 Å². The van der Waals surface area contributed by atoms with E-state index >= 15 is 0 Å². The van der Waals surface area contributed by atoms with Crippen molar-refractivity contribution in [2.45, 2.75) is 18.9 Å². The van der Waals surface area contributed by atoms with Crippen LogP contribution in [0.1, 0.15) is 23.2 Å². The van der Waals surface area contributed by atoms with Gasteiger partial charge in [-0.25, -0.2) is 4.98 Å². The lowest BCUT2D eigenvalue weighted by Crippen LogP contribution is -2.12. The molecule has 1 heterocycles. The van der Waals surface area contributed by atoms with E-state index < -0.39 is 5.91 Å². The van der Waals surface area contributed by atoms with E-state index in [1.54, 1.807) is 6.07 Å². The zero-order valence-corrected chi connectivity index (χ0v) is 9.52. The van der Waals surface area contributed by atoms with Gasteiger partial charge in [0.2, 0.25) is 5.91 Å². The number of rotatable bonds is 3. The Morgan fingerprint density at radius 2 is 2.36 bits per heavy atom. The molecular weight excluding hydrogens is 295 g/mol. The highest BCUT2D eigenvalue weighted by Gasteiger charge is 2.24. The molecule has 0 unspecified atom stereocenters. The number of nitrogens with zero attached hydrogens (tertiary/aromatic N) is 1. The average Bonchev–Trinajstić information content (AvgIpc) is 2.92. The molecule has 74 valence electrons. The molecular formula is C9H9IN2O2. The molecule has 1 aromatic rings. The summed E-state index contributed by atoms with van der Waals surface area (Å²) in [7, 11) is 0. The van der Waals surface area contributed by atoms with Crippen molar-refractivity contribution in [3.8, 4) is 5.75 Å². The molecule has 1 amide bonds. The molecule has 0 radical (unpaired) electrons. The number of aromatic nitrogens is 1. The molecule has 4 nitrogen and oxygen atoms in total. The van der Waals surface area contributed by atoms with Crippen LogP contribution in [0.3, 0.4) is 0 Å². The van der Waals surface area contributed by atoms with E-state index in [0.717, 1.165) is 16.5 Å². The number of halogens is 1. The molecule has 0 saturated heterocycles. The Balaban J connectivity index is 2.26. The molecule has 14 heavy (non-hydrogen) atoms. The predicted molar refractivity (Wildman–Crippen MR) is 59.1 cm³/mol. The van der Waals surface area contributed by atoms with Gasteiger partial charge in [0.05, 0.1) is 11.7 Å². The minimum absolute atomic E-state index is 0.299. The van der Waals surface area contributed by atoms with Crippen molar-refractivity contribution in [3.63, 3.8) is 0 Å². The second-order valence-corrected chi connectivity index (χ2v) is 4.22. The van der Waals surface area contributed by atoms with E-state index in [0.29, 0.717) is 17.4 Å². The third kappa shape index (κ3) is 2.14. The smallest absolute Gasteiger partial charge is 0.250 e. The van der Waals surface area contributed by atoms with Gasteiger partial charge in [-0.05, 0) is 41.5 Å². The minimum atomic E-state index is -0.477. The molecule has 0 atom stereocenters. The van der Waals surface area contributed by atoms with E-state index in [1.165, 1.54) is 6.20 Å². The summed E-state index contributed by atoms with van der Waals surface area (Å²) in [6, 6.07) is 1.65. The van der Waals surface area contributed by atoms with Crippen molar-refractivity contribution in [1.29, 1.82) is 0 Å². The number of nitrogens with two attached hydrogens (primary N) is 1. The molecule has 0 aromatic carbocycles. The molecule has 0 aliphatic heterocycles.